The largest absolute Gasteiger partial charge is 0.489 e. The molecule has 0 aliphatic heterocycles. The molecule has 0 aromatic heterocycles. The molecule has 0 saturated carbocycles. The van der Waals surface area contributed by atoms with E-state index < -0.39 is 5.97 Å². The summed E-state index contributed by atoms with van der Waals surface area (Å²) in [7, 11) is 1.31. The molecule has 0 aliphatic carbocycles. The number of carbonyl (C=O) groups excluding carboxylic acids is 1. The molecule has 6 nitrogen and oxygen atoms in total. The third kappa shape index (κ3) is 4.94. The highest BCUT2D eigenvalue weighted by atomic mass is 16.5. The average molecular weight is 325 g/mol. The van der Waals surface area contributed by atoms with Gasteiger partial charge in [-0.2, -0.15) is 0 Å². The molecule has 0 aliphatic rings. The van der Waals surface area contributed by atoms with Gasteiger partial charge < -0.3 is 24.7 Å². The Hall–Kier alpha value is -2.11. The molecule has 130 valence electrons. The average Bonchev–Trinajstić information content (AvgIpc) is 2.56. The van der Waals surface area contributed by atoms with Gasteiger partial charge in [0.25, 0.3) is 0 Å². The summed E-state index contributed by atoms with van der Waals surface area (Å²) < 4.78 is 22.1. The highest BCUT2D eigenvalue weighted by Crippen LogP contribution is 2.44. The Balaban J connectivity index is 3.42. The van der Waals surface area contributed by atoms with Crippen molar-refractivity contribution >= 4 is 11.7 Å². The lowest BCUT2D eigenvalue weighted by molar-refractivity contribution is 0.0596. The Morgan fingerprint density at radius 1 is 0.957 bits per heavy atom. The van der Waals surface area contributed by atoms with Gasteiger partial charge in [-0.1, -0.05) is 20.8 Å². The number of anilines is 1. The minimum absolute atomic E-state index is 0.177. The smallest absolute Gasteiger partial charge is 0.343 e. The summed E-state index contributed by atoms with van der Waals surface area (Å²) in [6.45, 7) is 7.42. The van der Waals surface area contributed by atoms with Crippen molar-refractivity contribution in [1.29, 1.82) is 0 Å². The molecule has 0 bridgehead atoms. The molecular weight excluding hydrogens is 298 g/mol. The molecule has 0 unspecified atom stereocenters. The van der Waals surface area contributed by atoms with Crippen molar-refractivity contribution in [2.75, 3.05) is 32.7 Å². The quantitative estimate of drug-likeness (QED) is 0.524. The second-order valence-corrected chi connectivity index (χ2v) is 5.03. The van der Waals surface area contributed by atoms with Crippen LogP contribution in [-0.4, -0.2) is 32.9 Å². The molecule has 2 N–H and O–H groups in total. The summed E-state index contributed by atoms with van der Waals surface area (Å²) in [5.74, 6) is 0.621. The highest BCUT2D eigenvalue weighted by Gasteiger charge is 2.26. The van der Waals surface area contributed by atoms with Crippen LogP contribution in [0.15, 0.2) is 6.07 Å². The summed E-state index contributed by atoms with van der Waals surface area (Å²) in [4.78, 5) is 12.1. The van der Waals surface area contributed by atoms with Crippen LogP contribution < -0.4 is 19.9 Å². The van der Waals surface area contributed by atoms with Gasteiger partial charge >= 0.3 is 5.97 Å². The molecule has 1 aromatic rings. The zero-order valence-corrected chi connectivity index (χ0v) is 14.4. The normalized spacial score (nSPS) is 10.3. The fourth-order valence-electron chi connectivity index (χ4n) is 1.95. The van der Waals surface area contributed by atoms with Crippen LogP contribution in [0.25, 0.3) is 0 Å². The van der Waals surface area contributed by atoms with E-state index in [1.165, 1.54) is 7.11 Å². The maximum absolute atomic E-state index is 12.1. The zero-order chi connectivity index (χ0) is 17.2. The molecule has 0 saturated heterocycles. The Labute approximate surface area is 137 Å². The second-order valence-electron chi connectivity index (χ2n) is 5.03. The predicted octanol–water partition coefficient (Wildman–Crippen LogP) is 3.42. The van der Waals surface area contributed by atoms with Crippen molar-refractivity contribution in [2.45, 2.75) is 40.0 Å². The molecule has 0 fully saturated rings. The molecule has 23 heavy (non-hydrogen) atoms. The first-order chi connectivity index (χ1) is 11.1. The zero-order valence-electron chi connectivity index (χ0n) is 14.4. The van der Waals surface area contributed by atoms with Crippen LogP contribution >= 0.6 is 0 Å². The van der Waals surface area contributed by atoms with E-state index in [0.29, 0.717) is 37.1 Å². The Morgan fingerprint density at radius 3 is 2.00 bits per heavy atom. The number of nitrogens with two attached hydrogens (primary N) is 1. The fraction of sp³-hybridized carbons (Fsp3) is 0.588. The Morgan fingerprint density at radius 2 is 1.48 bits per heavy atom. The molecule has 0 heterocycles. The van der Waals surface area contributed by atoms with E-state index in [-0.39, 0.29) is 11.3 Å². The molecule has 1 aromatic carbocycles. The third-order valence-corrected chi connectivity index (χ3v) is 2.98. The van der Waals surface area contributed by atoms with Crippen LogP contribution in [-0.2, 0) is 4.74 Å². The van der Waals surface area contributed by atoms with Crippen molar-refractivity contribution in [2.24, 2.45) is 0 Å². The van der Waals surface area contributed by atoms with Crippen molar-refractivity contribution < 1.29 is 23.7 Å². The molecular formula is C17H27NO5. The van der Waals surface area contributed by atoms with Gasteiger partial charge in [0.1, 0.15) is 5.56 Å². The number of hydrogen-bond acceptors (Lipinski definition) is 6. The summed E-state index contributed by atoms with van der Waals surface area (Å²) in [6, 6.07) is 1.59. The first-order valence-corrected chi connectivity index (χ1v) is 8.03. The number of rotatable bonds is 10. The molecule has 0 radical (unpaired) electrons. The molecule has 0 atom stereocenters. The van der Waals surface area contributed by atoms with E-state index in [1.54, 1.807) is 6.07 Å². The minimum atomic E-state index is -0.558. The van der Waals surface area contributed by atoms with Gasteiger partial charge in [0.05, 0.1) is 32.6 Å². The number of hydrogen-bond donors (Lipinski definition) is 1. The first kappa shape index (κ1) is 18.9. The van der Waals surface area contributed by atoms with Gasteiger partial charge in [-0.15, -0.1) is 0 Å². The summed E-state index contributed by atoms with van der Waals surface area (Å²) in [5.41, 5.74) is 6.45. The number of esters is 1. The van der Waals surface area contributed by atoms with Gasteiger partial charge in [-0.05, 0) is 19.3 Å². The van der Waals surface area contributed by atoms with E-state index in [9.17, 15) is 4.79 Å². The van der Waals surface area contributed by atoms with Crippen molar-refractivity contribution in [3.8, 4) is 17.2 Å². The number of ether oxygens (including phenoxy) is 4. The first-order valence-electron chi connectivity index (χ1n) is 8.03. The van der Waals surface area contributed by atoms with Crippen LogP contribution in [0.3, 0.4) is 0 Å². The third-order valence-electron chi connectivity index (χ3n) is 2.98. The van der Waals surface area contributed by atoms with Crippen molar-refractivity contribution in [3.63, 3.8) is 0 Å². The summed E-state index contributed by atoms with van der Waals surface area (Å²) in [6.07, 6.45) is 2.45. The van der Waals surface area contributed by atoms with Crippen LogP contribution in [0.4, 0.5) is 5.69 Å². The van der Waals surface area contributed by atoms with Crippen LogP contribution in [0.2, 0.25) is 0 Å². The van der Waals surface area contributed by atoms with Gasteiger partial charge in [0, 0.05) is 6.07 Å². The lowest BCUT2D eigenvalue weighted by Gasteiger charge is -2.20. The molecule has 6 heteroatoms. The standard InChI is InChI=1S/C17H27NO5/c1-5-8-21-13-11-12(18)14(17(19)20-4)16(23-10-7-3)15(13)22-9-6-2/h11H,5-10,18H2,1-4H3. The highest BCUT2D eigenvalue weighted by molar-refractivity contribution is 6.00. The Bertz CT molecular complexity index is 516. The van der Waals surface area contributed by atoms with E-state index >= 15 is 0 Å². The van der Waals surface area contributed by atoms with Crippen LogP contribution in [0.1, 0.15) is 50.4 Å². The van der Waals surface area contributed by atoms with Gasteiger partial charge in [0.2, 0.25) is 5.75 Å². The lowest BCUT2D eigenvalue weighted by atomic mass is 10.1. The number of nitrogen functional groups attached to an aromatic ring is 1. The molecule has 0 amide bonds. The van der Waals surface area contributed by atoms with E-state index in [2.05, 4.69) is 0 Å². The maximum atomic E-state index is 12.1. The second kappa shape index (κ2) is 9.82. The van der Waals surface area contributed by atoms with Crippen molar-refractivity contribution in [1.82, 2.24) is 0 Å². The van der Waals surface area contributed by atoms with Crippen molar-refractivity contribution in [3.05, 3.63) is 11.6 Å². The van der Waals surface area contributed by atoms with Gasteiger partial charge in [-0.3, -0.25) is 0 Å². The summed E-state index contributed by atoms with van der Waals surface area (Å²) in [5, 5.41) is 0. The number of methoxy groups -OCH3 is 1. The van der Waals surface area contributed by atoms with Gasteiger partial charge in [-0.25, -0.2) is 4.79 Å². The molecule has 0 spiro atoms. The van der Waals surface area contributed by atoms with Crippen LogP contribution in [0, 0.1) is 0 Å². The SMILES string of the molecule is CCCOc1cc(N)c(C(=O)OC)c(OCCC)c1OCCC. The van der Waals surface area contributed by atoms with Crippen LogP contribution in [0.5, 0.6) is 17.2 Å². The van der Waals surface area contributed by atoms with E-state index in [4.69, 9.17) is 24.7 Å². The van der Waals surface area contributed by atoms with E-state index in [1.807, 2.05) is 20.8 Å². The van der Waals surface area contributed by atoms with E-state index in [0.717, 1.165) is 19.3 Å². The topological polar surface area (TPSA) is 80.0 Å². The Kier molecular flexibility index (Phi) is 8.08. The maximum Gasteiger partial charge on any atom is 0.343 e. The summed E-state index contributed by atoms with van der Waals surface area (Å²) >= 11 is 0. The van der Waals surface area contributed by atoms with Gasteiger partial charge in [0.15, 0.2) is 11.5 Å². The number of benzene rings is 1. The lowest BCUT2D eigenvalue weighted by Crippen LogP contribution is -2.13. The molecule has 1 rings (SSSR count). The predicted molar refractivity (Wildman–Crippen MR) is 89.6 cm³/mol. The fourth-order valence-corrected chi connectivity index (χ4v) is 1.95. The number of carbonyl (C=O) groups is 1. The minimum Gasteiger partial charge on any atom is -0.489 e. The monoisotopic (exact) mass is 325 g/mol.